The number of rotatable bonds is 3. The van der Waals surface area contributed by atoms with Crippen LogP contribution in [0.2, 0.25) is 0 Å². The number of aliphatic hydroxyl groups is 2. The van der Waals surface area contributed by atoms with Gasteiger partial charge in [0, 0.05) is 12.4 Å². The number of hydrogen-bond donors (Lipinski definition) is 2. The molecule has 0 aliphatic carbocycles. The van der Waals surface area contributed by atoms with Crippen molar-refractivity contribution in [1.82, 2.24) is 4.57 Å². The maximum absolute atomic E-state index is 11.3. The lowest BCUT2D eigenvalue weighted by Crippen LogP contribution is -2.22. The van der Waals surface area contributed by atoms with E-state index in [1.807, 2.05) is 45.2 Å². The largest absolute Gasteiger partial charge is 0.394 e. The van der Waals surface area contributed by atoms with E-state index in [0.29, 0.717) is 13.7 Å². The SMILES string of the molecule is O=c1c(I)cn(C[C@H](O)CO)cc1I. The Kier molecular flexibility index (Phi) is 4.80. The van der Waals surface area contributed by atoms with E-state index in [2.05, 4.69) is 0 Å². The first-order chi connectivity index (χ1) is 6.54. The van der Waals surface area contributed by atoms with E-state index in [-0.39, 0.29) is 12.0 Å². The molecular weight excluding hydrogens is 412 g/mol. The Bertz CT molecular complexity index is 351. The van der Waals surface area contributed by atoms with Crippen LogP contribution in [0, 0.1) is 7.14 Å². The van der Waals surface area contributed by atoms with Gasteiger partial charge < -0.3 is 14.8 Å². The van der Waals surface area contributed by atoms with Crippen molar-refractivity contribution in [1.29, 1.82) is 0 Å². The van der Waals surface area contributed by atoms with Crippen LogP contribution in [-0.2, 0) is 6.54 Å². The molecule has 0 aliphatic heterocycles. The fraction of sp³-hybridized carbons (Fsp3) is 0.375. The van der Waals surface area contributed by atoms with E-state index in [1.54, 1.807) is 17.0 Å². The third-order valence-corrected chi connectivity index (χ3v) is 3.16. The average molecular weight is 421 g/mol. The monoisotopic (exact) mass is 421 g/mol. The van der Waals surface area contributed by atoms with Gasteiger partial charge in [0.25, 0.3) is 0 Å². The smallest absolute Gasteiger partial charge is 0.208 e. The molecule has 6 heteroatoms. The number of aromatic nitrogens is 1. The molecular formula is C8H9I2NO3. The van der Waals surface area contributed by atoms with Crippen molar-refractivity contribution in [2.75, 3.05) is 6.61 Å². The van der Waals surface area contributed by atoms with Crippen LogP contribution in [0.1, 0.15) is 0 Å². The second-order valence-corrected chi connectivity index (χ2v) is 5.14. The van der Waals surface area contributed by atoms with Gasteiger partial charge in [-0.2, -0.15) is 0 Å². The van der Waals surface area contributed by atoms with Gasteiger partial charge in [0.05, 0.1) is 26.4 Å². The highest BCUT2D eigenvalue weighted by Crippen LogP contribution is 2.04. The fourth-order valence-corrected chi connectivity index (χ4v) is 2.78. The van der Waals surface area contributed by atoms with Crippen LogP contribution < -0.4 is 5.43 Å². The zero-order valence-corrected chi connectivity index (χ0v) is 11.5. The van der Waals surface area contributed by atoms with E-state index in [4.69, 9.17) is 5.11 Å². The van der Waals surface area contributed by atoms with E-state index < -0.39 is 6.10 Å². The summed E-state index contributed by atoms with van der Waals surface area (Å²) in [5.74, 6) is 0. The third kappa shape index (κ3) is 3.17. The Morgan fingerprint density at radius 2 is 1.86 bits per heavy atom. The highest BCUT2D eigenvalue weighted by molar-refractivity contribution is 14.1. The summed E-state index contributed by atoms with van der Waals surface area (Å²) in [6, 6.07) is 0. The molecule has 0 bridgehead atoms. The first kappa shape index (κ1) is 12.4. The molecule has 1 atom stereocenters. The number of nitrogens with zero attached hydrogens (tertiary/aromatic N) is 1. The minimum absolute atomic E-state index is 0.000869. The van der Waals surface area contributed by atoms with Gasteiger partial charge >= 0.3 is 0 Å². The minimum atomic E-state index is -0.788. The number of pyridine rings is 1. The quantitative estimate of drug-likeness (QED) is 0.696. The lowest BCUT2D eigenvalue weighted by molar-refractivity contribution is 0.0810. The molecule has 14 heavy (non-hydrogen) atoms. The molecule has 0 saturated carbocycles. The third-order valence-electron chi connectivity index (χ3n) is 1.62. The van der Waals surface area contributed by atoms with Crippen LogP contribution in [0.4, 0.5) is 0 Å². The highest BCUT2D eigenvalue weighted by atomic mass is 127. The summed E-state index contributed by atoms with van der Waals surface area (Å²) in [6.07, 6.45) is 2.53. The van der Waals surface area contributed by atoms with Gasteiger partial charge in [0.15, 0.2) is 0 Å². The molecule has 4 nitrogen and oxygen atoms in total. The van der Waals surface area contributed by atoms with E-state index in [1.165, 1.54) is 0 Å². The summed E-state index contributed by atoms with van der Waals surface area (Å²) in [4.78, 5) is 11.3. The first-order valence-electron chi connectivity index (χ1n) is 3.88. The van der Waals surface area contributed by atoms with Crippen LogP contribution in [0.5, 0.6) is 0 Å². The molecule has 0 radical (unpaired) electrons. The molecule has 0 amide bonds. The average Bonchev–Trinajstić information content (AvgIpc) is 2.14. The molecule has 1 rings (SSSR count). The predicted molar refractivity (Wildman–Crippen MR) is 69.2 cm³/mol. The molecule has 1 aromatic rings. The Balaban J connectivity index is 2.95. The van der Waals surface area contributed by atoms with E-state index >= 15 is 0 Å². The molecule has 0 aliphatic rings. The van der Waals surface area contributed by atoms with Gasteiger partial charge in [-0.05, 0) is 45.2 Å². The molecule has 2 N–H and O–H groups in total. The minimum Gasteiger partial charge on any atom is -0.394 e. The van der Waals surface area contributed by atoms with Crippen molar-refractivity contribution >= 4 is 45.2 Å². The van der Waals surface area contributed by atoms with Gasteiger partial charge in [-0.3, -0.25) is 4.79 Å². The number of halogens is 2. The molecule has 1 heterocycles. The van der Waals surface area contributed by atoms with E-state index in [0.717, 1.165) is 0 Å². The lowest BCUT2D eigenvalue weighted by atomic mass is 10.3. The molecule has 0 aromatic carbocycles. The van der Waals surface area contributed by atoms with Crippen molar-refractivity contribution in [2.45, 2.75) is 12.6 Å². The molecule has 0 unspecified atom stereocenters. The molecule has 1 aromatic heterocycles. The molecule has 78 valence electrons. The van der Waals surface area contributed by atoms with Crippen molar-refractivity contribution < 1.29 is 10.2 Å². The Morgan fingerprint density at radius 1 is 1.36 bits per heavy atom. The van der Waals surface area contributed by atoms with Crippen LogP contribution >= 0.6 is 45.2 Å². The van der Waals surface area contributed by atoms with Crippen LogP contribution in [0.15, 0.2) is 17.2 Å². The van der Waals surface area contributed by atoms with Gasteiger partial charge in [-0.15, -0.1) is 0 Å². The summed E-state index contributed by atoms with van der Waals surface area (Å²) in [6.45, 7) is 0.0159. The maximum atomic E-state index is 11.3. The topological polar surface area (TPSA) is 62.5 Å². The summed E-state index contributed by atoms with van der Waals surface area (Å²) >= 11 is 3.90. The fourth-order valence-electron chi connectivity index (χ4n) is 0.966. The normalized spacial score (nSPS) is 12.9. The summed E-state index contributed by atoms with van der Waals surface area (Å²) < 4.78 is 2.92. The Labute approximate surface area is 108 Å². The number of aliphatic hydroxyl groups excluding tert-OH is 2. The predicted octanol–water partition coefficient (Wildman–Crippen LogP) is 0.411. The molecule has 0 spiro atoms. The van der Waals surface area contributed by atoms with Gasteiger partial charge in [0.1, 0.15) is 0 Å². The summed E-state index contributed by atoms with van der Waals surface area (Å²) in [7, 11) is 0. The van der Waals surface area contributed by atoms with Crippen molar-refractivity contribution in [3.05, 3.63) is 29.8 Å². The van der Waals surface area contributed by atoms with Crippen molar-refractivity contribution in [3.8, 4) is 0 Å². The highest BCUT2D eigenvalue weighted by Gasteiger charge is 2.06. The summed E-state index contributed by atoms with van der Waals surface area (Å²) in [5.41, 5.74) is 0.000869. The Hall–Kier alpha value is 0.330. The van der Waals surface area contributed by atoms with Crippen molar-refractivity contribution in [3.63, 3.8) is 0 Å². The van der Waals surface area contributed by atoms with Crippen LogP contribution in [0.3, 0.4) is 0 Å². The Morgan fingerprint density at radius 3 is 2.29 bits per heavy atom. The van der Waals surface area contributed by atoms with Gasteiger partial charge in [-0.1, -0.05) is 0 Å². The standard InChI is InChI=1S/C8H9I2NO3/c9-6-2-11(1-5(13)4-12)3-7(10)8(6)14/h2-3,5,12-13H,1,4H2/t5-/m0/s1. The maximum Gasteiger partial charge on any atom is 0.208 e. The van der Waals surface area contributed by atoms with E-state index in [9.17, 15) is 9.90 Å². The molecule has 0 saturated heterocycles. The van der Waals surface area contributed by atoms with Gasteiger partial charge in [-0.25, -0.2) is 0 Å². The lowest BCUT2D eigenvalue weighted by Gasteiger charge is -2.11. The second kappa shape index (κ2) is 5.42. The zero-order chi connectivity index (χ0) is 10.7. The second-order valence-electron chi connectivity index (χ2n) is 2.82. The first-order valence-corrected chi connectivity index (χ1v) is 6.04. The van der Waals surface area contributed by atoms with Gasteiger partial charge in [0.2, 0.25) is 5.43 Å². The summed E-state index contributed by atoms with van der Waals surface area (Å²) in [5, 5.41) is 17.9. The number of hydrogen-bond acceptors (Lipinski definition) is 3. The zero-order valence-electron chi connectivity index (χ0n) is 7.15. The molecule has 0 fully saturated rings. The van der Waals surface area contributed by atoms with Crippen molar-refractivity contribution in [2.24, 2.45) is 0 Å². The van der Waals surface area contributed by atoms with Crippen LogP contribution in [-0.4, -0.2) is 27.5 Å². The van der Waals surface area contributed by atoms with Crippen LogP contribution in [0.25, 0.3) is 0 Å².